The predicted molar refractivity (Wildman–Crippen MR) is 175 cm³/mol. The van der Waals surface area contributed by atoms with Crippen LogP contribution in [0.3, 0.4) is 0 Å². The molecule has 0 aliphatic heterocycles. The lowest BCUT2D eigenvalue weighted by Crippen LogP contribution is -2.25. The number of allylic oxidation sites excluding steroid dienone is 1. The molecule has 4 aliphatic rings. The minimum absolute atomic E-state index is 0.835. The highest BCUT2D eigenvalue weighted by molar-refractivity contribution is 4.87. The SMILES string of the molecule is C=CC1CCC(C2CCC(CCCCC)CC2)CC1.CCCCCC1CCC(C2CCC(CCC)CC2)CC1. The maximum Gasteiger partial charge on any atom is -0.0236 e. The van der Waals surface area contributed by atoms with Crippen LogP contribution in [0.1, 0.15) is 188 Å². The molecule has 0 bridgehead atoms. The number of rotatable bonds is 13. The Morgan fingerprint density at radius 3 is 1.05 bits per heavy atom. The standard InChI is InChI=1S/C20H38.C19H34/c1-3-5-6-8-18-11-15-20(16-12-18)19-13-9-17(7-4-2)10-14-19;1-3-5-6-7-17-10-14-19(15-11-17)18-12-8-16(4-2)9-13-18/h17-20H,3-16H2,1-2H3;4,16-19H,2-3,5-15H2,1H3. The third kappa shape index (κ3) is 12.2. The van der Waals surface area contributed by atoms with Gasteiger partial charge < -0.3 is 0 Å². The van der Waals surface area contributed by atoms with E-state index < -0.39 is 0 Å². The highest BCUT2D eigenvalue weighted by atomic mass is 14.4. The van der Waals surface area contributed by atoms with Crippen molar-refractivity contribution in [3.63, 3.8) is 0 Å². The van der Waals surface area contributed by atoms with Gasteiger partial charge >= 0.3 is 0 Å². The minimum atomic E-state index is 0.835. The molecule has 0 nitrogen and oxygen atoms in total. The molecule has 0 radical (unpaired) electrons. The first kappa shape index (κ1) is 33.2. The number of hydrogen-bond acceptors (Lipinski definition) is 0. The second-order valence-electron chi connectivity index (χ2n) is 15.0. The van der Waals surface area contributed by atoms with Gasteiger partial charge in [-0.3, -0.25) is 0 Å². The summed E-state index contributed by atoms with van der Waals surface area (Å²) in [6.45, 7) is 11.0. The molecule has 0 aromatic heterocycles. The maximum atomic E-state index is 3.97. The van der Waals surface area contributed by atoms with Crippen LogP contribution in [0.4, 0.5) is 0 Å². The molecule has 0 heteroatoms. The van der Waals surface area contributed by atoms with Crippen LogP contribution in [-0.2, 0) is 0 Å². The first-order valence-corrected chi connectivity index (χ1v) is 18.8. The molecule has 0 N–H and O–H groups in total. The first-order valence-electron chi connectivity index (χ1n) is 18.8. The Bertz CT molecular complexity index is 573. The Morgan fingerprint density at radius 2 is 0.744 bits per heavy atom. The molecule has 0 aromatic rings. The van der Waals surface area contributed by atoms with Crippen molar-refractivity contribution in [2.45, 2.75) is 188 Å². The van der Waals surface area contributed by atoms with Gasteiger partial charge in [-0.2, -0.15) is 0 Å². The molecule has 0 amide bonds. The Morgan fingerprint density at radius 1 is 0.410 bits per heavy atom. The summed E-state index contributed by atoms with van der Waals surface area (Å²) in [5.41, 5.74) is 0. The molecule has 4 fully saturated rings. The molecule has 0 atom stereocenters. The highest BCUT2D eigenvalue weighted by Gasteiger charge is 2.31. The summed E-state index contributed by atoms with van der Waals surface area (Å²) in [7, 11) is 0. The largest absolute Gasteiger partial charge is 0.103 e. The van der Waals surface area contributed by atoms with Gasteiger partial charge in [-0.1, -0.05) is 130 Å². The lowest BCUT2D eigenvalue weighted by molar-refractivity contribution is 0.140. The van der Waals surface area contributed by atoms with Crippen LogP contribution in [0.15, 0.2) is 12.7 Å². The van der Waals surface area contributed by atoms with Crippen LogP contribution in [0, 0.1) is 47.3 Å². The van der Waals surface area contributed by atoms with Crippen molar-refractivity contribution in [2.24, 2.45) is 47.3 Å². The zero-order valence-electron chi connectivity index (χ0n) is 27.3. The van der Waals surface area contributed by atoms with Crippen LogP contribution in [-0.4, -0.2) is 0 Å². The second kappa shape index (κ2) is 19.8. The summed E-state index contributed by atoms with van der Waals surface area (Å²) in [6.07, 6.45) is 41.3. The summed E-state index contributed by atoms with van der Waals surface area (Å²) in [6, 6.07) is 0. The van der Waals surface area contributed by atoms with E-state index in [0.29, 0.717) is 0 Å². The van der Waals surface area contributed by atoms with Crippen molar-refractivity contribution >= 4 is 0 Å². The third-order valence-electron chi connectivity index (χ3n) is 12.3. The van der Waals surface area contributed by atoms with Gasteiger partial charge in [0.2, 0.25) is 0 Å². The Balaban J connectivity index is 0.000000216. The fourth-order valence-electron chi connectivity index (χ4n) is 9.47. The molecule has 0 spiro atoms. The quantitative estimate of drug-likeness (QED) is 0.161. The Kier molecular flexibility index (Phi) is 16.9. The van der Waals surface area contributed by atoms with Crippen molar-refractivity contribution in [1.82, 2.24) is 0 Å². The zero-order chi connectivity index (χ0) is 27.7. The van der Waals surface area contributed by atoms with Crippen molar-refractivity contribution in [1.29, 1.82) is 0 Å². The van der Waals surface area contributed by atoms with E-state index in [4.69, 9.17) is 0 Å². The van der Waals surface area contributed by atoms with Crippen LogP contribution in [0.25, 0.3) is 0 Å². The van der Waals surface area contributed by atoms with E-state index in [0.717, 1.165) is 47.3 Å². The molecule has 228 valence electrons. The van der Waals surface area contributed by atoms with Crippen molar-refractivity contribution in [3.05, 3.63) is 12.7 Å². The van der Waals surface area contributed by atoms with Gasteiger partial charge in [0.25, 0.3) is 0 Å². The molecular weight excluding hydrogens is 468 g/mol. The van der Waals surface area contributed by atoms with Crippen molar-refractivity contribution in [2.75, 3.05) is 0 Å². The van der Waals surface area contributed by atoms with Gasteiger partial charge in [0.15, 0.2) is 0 Å². The summed E-state index contributed by atoms with van der Waals surface area (Å²) >= 11 is 0. The third-order valence-corrected chi connectivity index (χ3v) is 12.3. The summed E-state index contributed by atoms with van der Waals surface area (Å²) in [4.78, 5) is 0. The van der Waals surface area contributed by atoms with E-state index in [-0.39, 0.29) is 0 Å². The van der Waals surface area contributed by atoms with E-state index in [1.165, 1.54) is 103 Å². The molecule has 0 unspecified atom stereocenters. The molecule has 4 rings (SSSR count). The van der Waals surface area contributed by atoms with E-state index in [2.05, 4.69) is 33.4 Å². The zero-order valence-corrected chi connectivity index (χ0v) is 27.3. The van der Waals surface area contributed by atoms with Gasteiger partial charge in [-0.05, 0) is 112 Å². The molecule has 39 heavy (non-hydrogen) atoms. The molecule has 0 saturated heterocycles. The molecule has 0 heterocycles. The van der Waals surface area contributed by atoms with Crippen molar-refractivity contribution < 1.29 is 0 Å². The van der Waals surface area contributed by atoms with Gasteiger partial charge in [0.05, 0.1) is 0 Å². The van der Waals surface area contributed by atoms with Gasteiger partial charge in [0, 0.05) is 0 Å². The van der Waals surface area contributed by atoms with Crippen LogP contribution >= 0.6 is 0 Å². The fraction of sp³-hybridized carbons (Fsp3) is 0.949. The molecule has 0 aromatic carbocycles. The van der Waals surface area contributed by atoms with Crippen LogP contribution < -0.4 is 0 Å². The van der Waals surface area contributed by atoms with Gasteiger partial charge in [-0.25, -0.2) is 0 Å². The topological polar surface area (TPSA) is 0 Å². The average molecular weight is 541 g/mol. The van der Waals surface area contributed by atoms with E-state index in [1.54, 1.807) is 64.2 Å². The lowest BCUT2D eigenvalue weighted by Gasteiger charge is -2.38. The fourth-order valence-corrected chi connectivity index (χ4v) is 9.47. The second-order valence-corrected chi connectivity index (χ2v) is 15.0. The average Bonchev–Trinajstić information content (AvgIpc) is 2.99. The Hall–Kier alpha value is -0.260. The number of unbranched alkanes of at least 4 members (excludes halogenated alkanes) is 4. The van der Waals surface area contributed by atoms with Crippen LogP contribution in [0.2, 0.25) is 0 Å². The van der Waals surface area contributed by atoms with Crippen molar-refractivity contribution in [3.8, 4) is 0 Å². The first-order chi connectivity index (χ1) is 19.2. The highest BCUT2D eigenvalue weighted by Crippen LogP contribution is 2.44. The summed E-state index contributed by atoms with van der Waals surface area (Å²) in [5, 5.41) is 0. The Labute approximate surface area is 247 Å². The van der Waals surface area contributed by atoms with E-state index >= 15 is 0 Å². The molecular formula is C39H72. The smallest absolute Gasteiger partial charge is 0.0236 e. The van der Waals surface area contributed by atoms with Gasteiger partial charge in [-0.15, -0.1) is 6.58 Å². The normalized spacial score (nSPS) is 35.6. The summed E-state index contributed by atoms with van der Waals surface area (Å²) < 4.78 is 0. The monoisotopic (exact) mass is 541 g/mol. The van der Waals surface area contributed by atoms with E-state index in [1.807, 2.05) is 0 Å². The molecule has 4 saturated carbocycles. The minimum Gasteiger partial charge on any atom is -0.103 e. The van der Waals surface area contributed by atoms with Crippen LogP contribution in [0.5, 0.6) is 0 Å². The predicted octanol–water partition coefficient (Wildman–Crippen LogP) is 13.3. The lowest BCUT2D eigenvalue weighted by atomic mass is 9.68. The number of hydrogen-bond donors (Lipinski definition) is 0. The van der Waals surface area contributed by atoms with Gasteiger partial charge in [0.1, 0.15) is 0 Å². The van der Waals surface area contributed by atoms with E-state index in [9.17, 15) is 0 Å². The summed E-state index contributed by atoms with van der Waals surface area (Å²) in [5.74, 6) is 8.45. The molecule has 4 aliphatic carbocycles. The maximum absolute atomic E-state index is 3.97.